The van der Waals surface area contributed by atoms with Crippen LogP contribution in [0.4, 0.5) is 0 Å². The van der Waals surface area contributed by atoms with Gasteiger partial charge in [-0.25, -0.2) is 4.98 Å². The van der Waals surface area contributed by atoms with E-state index in [9.17, 15) is 4.79 Å². The summed E-state index contributed by atoms with van der Waals surface area (Å²) in [6.45, 7) is 0.831. The molecule has 0 aliphatic rings. The van der Waals surface area contributed by atoms with E-state index < -0.39 is 0 Å². The van der Waals surface area contributed by atoms with E-state index in [0.29, 0.717) is 6.54 Å². The van der Waals surface area contributed by atoms with Gasteiger partial charge in [-0.15, -0.1) is 0 Å². The molecule has 0 bridgehead atoms. The molecule has 2 heterocycles. The van der Waals surface area contributed by atoms with Crippen molar-refractivity contribution in [2.45, 2.75) is 13.0 Å². The minimum Gasteiger partial charge on any atom is -0.354 e. The first-order valence-electron chi connectivity index (χ1n) is 8.97. The molecule has 2 aromatic heterocycles. The van der Waals surface area contributed by atoms with Gasteiger partial charge in [0.1, 0.15) is 12.4 Å². The number of imidazole rings is 1. The van der Waals surface area contributed by atoms with E-state index in [1.54, 1.807) is 12.4 Å². The molecule has 4 rings (SSSR count). The van der Waals surface area contributed by atoms with E-state index >= 15 is 0 Å². The predicted molar refractivity (Wildman–Crippen MR) is 106 cm³/mol. The molecule has 0 aliphatic heterocycles. The van der Waals surface area contributed by atoms with Crippen molar-refractivity contribution in [3.05, 3.63) is 84.7 Å². The summed E-state index contributed by atoms with van der Waals surface area (Å²) >= 11 is 0. The highest BCUT2D eigenvalue weighted by atomic mass is 16.1. The van der Waals surface area contributed by atoms with Crippen molar-refractivity contribution >= 4 is 16.9 Å². The third kappa shape index (κ3) is 3.87. The zero-order valence-electron chi connectivity index (χ0n) is 14.9. The van der Waals surface area contributed by atoms with Gasteiger partial charge < -0.3 is 9.88 Å². The zero-order chi connectivity index (χ0) is 18.5. The standard InChI is InChI=1S/C22H20N4O/c27-21(24-14-12-17-7-2-1-3-8-17)16-26-20-11-5-4-10-19(20)25-22(26)18-9-6-13-23-15-18/h1-11,13,15H,12,14,16H2,(H,24,27). The molecule has 4 aromatic rings. The fourth-order valence-corrected chi connectivity index (χ4v) is 3.14. The van der Waals surface area contributed by atoms with Crippen molar-refractivity contribution in [1.82, 2.24) is 19.9 Å². The van der Waals surface area contributed by atoms with Crippen molar-refractivity contribution in [1.29, 1.82) is 0 Å². The molecule has 0 saturated carbocycles. The van der Waals surface area contributed by atoms with E-state index in [1.807, 2.05) is 59.2 Å². The van der Waals surface area contributed by atoms with Gasteiger partial charge in [0.15, 0.2) is 0 Å². The van der Waals surface area contributed by atoms with Gasteiger partial charge in [0, 0.05) is 24.5 Å². The molecular formula is C22H20N4O. The van der Waals surface area contributed by atoms with Crippen LogP contribution in [-0.2, 0) is 17.8 Å². The number of para-hydroxylation sites is 2. The van der Waals surface area contributed by atoms with Crippen molar-refractivity contribution in [3.8, 4) is 11.4 Å². The highest BCUT2D eigenvalue weighted by Gasteiger charge is 2.15. The molecule has 2 aromatic carbocycles. The van der Waals surface area contributed by atoms with E-state index in [2.05, 4.69) is 22.4 Å². The Kier molecular flexibility index (Phi) is 4.92. The van der Waals surface area contributed by atoms with Crippen molar-refractivity contribution < 1.29 is 4.79 Å². The van der Waals surface area contributed by atoms with E-state index in [0.717, 1.165) is 28.8 Å². The SMILES string of the molecule is O=C(Cn1c(-c2cccnc2)nc2ccccc21)NCCc1ccccc1. The van der Waals surface area contributed by atoms with Crippen molar-refractivity contribution in [2.75, 3.05) is 6.54 Å². The first-order chi connectivity index (χ1) is 13.3. The zero-order valence-corrected chi connectivity index (χ0v) is 14.9. The van der Waals surface area contributed by atoms with Crippen molar-refractivity contribution in [3.63, 3.8) is 0 Å². The van der Waals surface area contributed by atoms with Gasteiger partial charge in [-0.1, -0.05) is 42.5 Å². The number of rotatable bonds is 6. The summed E-state index contributed by atoms with van der Waals surface area (Å²) in [7, 11) is 0. The van der Waals surface area contributed by atoms with E-state index in [-0.39, 0.29) is 12.5 Å². The van der Waals surface area contributed by atoms with Crippen LogP contribution in [0.1, 0.15) is 5.56 Å². The van der Waals surface area contributed by atoms with Gasteiger partial charge >= 0.3 is 0 Å². The third-order valence-electron chi connectivity index (χ3n) is 4.45. The van der Waals surface area contributed by atoms with Crippen LogP contribution in [0, 0.1) is 0 Å². The molecule has 0 saturated heterocycles. The minimum absolute atomic E-state index is 0.0285. The molecule has 1 N–H and O–H groups in total. The summed E-state index contributed by atoms with van der Waals surface area (Å²) in [5.74, 6) is 0.724. The molecule has 0 radical (unpaired) electrons. The maximum Gasteiger partial charge on any atom is 0.240 e. The second-order valence-electron chi connectivity index (χ2n) is 6.34. The van der Waals surface area contributed by atoms with Crippen LogP contribution in [-0.4, -0.2) is 27.0 Å². The topological polar surface area (TPSA) is 59.8 Å². The molecule has 5 nitrogen and oxygen atoms in total. The van der Waals surface area contributed by atoms with Gasteiger partial charge in [0.05, 0.1) is 11.0 Å². The fourth-order valence-electron chi connectivity index (χ4n) is 3.14. The molecule has 1 amide bonds. The van der Waals surface area contributed by atoms with Gasteiger partial charge in [-0.2, -0.15) is 0 Å². The Labute approximate surface area is 157 Å². The normalized spacial score (nSPS) is 10.8. The van der Waals surface area contributed by atoms with Crippen LogP contribution < -0.4 is 5.32 Å². The molecule has 0 unspecified atom stereocenters. The Balaban J connectivity index is 1.53. The summed E-state index contributed by atoms with van der Waals surface area (Å²) < 4.78 is 1.95. The summed E-state index contributed by atoms with van der Waals surface area (Å²) in [5.41, 5.74) is 3.91. The average molecular weight is 356 g/mol. The number of aromatic nitrogens is 3. The number of nitrogens with zero attached hydrogens (tertiary/aromatic N) is 3. The lowest BCUT2D eigenvalue weighted by molar-refractivity contribution is -0.121. The molecule has 0 atom stereocenters. The summed E-state index contributed by atoms with van der Waals surface area (Å²) in [6.07, 6.45) is 4.31. The maximum absolute atomic E-state index is 12.6. The Bertz CT molecular complexity index is 1040. The van der Waals surface area contributed by atoms with Crippen LogP contribution in [0.25, 0.3) is 22.4 Å². The second-order valence-corrected chi connectivity index (χ2v) is 6.34. The summed E-state index contributed by atoms with van der Waals surface area (Å²) in [5, 5.41) is 3.01. The Hall–Kier alpha value is -3.47. The van der Waals surface area contributed by atoms with Crippen LogP contribution in [0.3, 0.4) is 0 Å². The predicted octanol–water partition coefficient (Wildman–Crippen LogP) is 3.46. The number of amides is 1. The molecule has 0 aliphatic carbocycles. The molecule has 0 fully saturated rings. The molecular weight excluding hydrogens is 336 g/mol. The lowest BCUT2D eigenvalue weighted by Crippen LogP contribution is -2.29. The number of hydrogen-bond acceptors (Lipinski definition) is 3. The van der Waals surface area contributed by atoms with Crippen LogP contribution in [0.2, 0.25) is 0 Å². The minimum atomic E-state index is -0.0285. The quantitative estimate of drug-likeness (QED) is 0.576. The summed E-state index contributed by atoms with van der Waals surface area (Å²) in [6, 6.07) is 21.8. The molecule has 27 heavy (non-hydrogen) atoms. The first kappa shape index (κ1) is 17.0. The number of fused-ring (bicyclic) bond motifs is 1. The van der Waals surface area contributed by atoms with E-state index in [4.69, 9.17) is 4.98 Å². The number of pyridine rings is 1. The van der Waals surface area contributed by atoms with Gasteiger partial charge in [-0.05, 0) is 36.2 Å². The first-order valence-corrected chi connectivity index (χ1v) is 8.97. The lowest BCUT2D eigenvalue weighted by atomic mass is 10.1. The monoisotopic (exact) mass is 356 g/mol. The molecule has 5 heteroatoms. The second kappa shape index (κ2) is 7.83. The fraction of sp³-hybridized carbons (Fsp3) is 0.136. The van der Waals surface area contributed by atoms with E-state index in [1.165, 1.54) is 5.56 Å². The largest absolute Gasteiger partial charge is 0.354 e. The Morgan fingerprint density at radius 2 is 1.78 bits per heavy atom. The Morgan fingerprint density at radius 1 is 0.963 bits per heavy atom. The number of benzene rings is 2. The van der Waals surface area contributed by atoms with Gasteiger partial charge in [0.2, 0.25) is 5.91 Å². The molecule has 0 spiro atoms. The third-order valence-corrected chi connectivity index (χ3v) is 4.45. The van der Waals surface area contributed by atoms with Gasteiger partial charge in [-0.3, -0.25) is 9.78 Å². The van der Waals surface area contributed by atoms with Gasteiger partial charge in [0.25, 0.3) is 0 Å². The highest BCUT2D eigenvalue weighted by molar-refractivity contribution is 5.84. The number of carbonyl (C=O) groups is 1. The Morgan fingerprint density at radius 3 is 2.59 bits per heavy atom. The van der Waals surface area contributed by atoms with Crippen LogP contribution in [0.15, 0.2) is 79.1 Å². The lowest BCUT2D eigenvalue weighted by Gasteiger charge is -2.10. The summed E-state index contributed by atoms with van der Waals surface area (Å²) in [4.78, 5) is 21.4. The number of hydrogen-bond donors (Lipinski definition) is 1. The van der Waals surface area contributed by atoms with Crippen molar-refractivity contribution in [2.24, 2.45) is 0 Å². The van der Waals surface area contributed by atoms with Crippen LogP contribution in [0.5, 0.6) is 0 Å². The average Bonchev–Trinajstić information content (AvgIpc) is 3.08. The van der Waals surface area contributed by atoms with Crippen LogP contribution >= 0.6 is 0 Å². The maximum atomic E-state index is 12.6. The highest BCUT2D eigenvalue weighted by Crippen LogP contribution is 2.24. The molecule has 134 valence electrons. The smallest absolute Gasteiger partial charge is 0.240 e. The number of carbonyl (C=O) groups excluding carboxylic acids is 1. The number of nitrogens with one attached hydrogen (secondary N) is 1.